The summed E-state index contributed by atoms with van der Waals surface area (Å²) in [6, 6.07) is 16.8. The van der Waals surface area contributed by atoms with Gasteiger partial charge in [0.15, 0.2) is 0 Å². The van der Waals surface area contributed by atoms with Gasteiger partial charge in [0, 0.05) is 6.54 Å². The Balaban J connectivity index is 0.000000479. The molecule has 0 radical (unpaired) electrons. The van der Waals surface area contributed by atoms with E-state index in [9.17, 15) is 28.1 Å². The number of rotatable bonds is 10. The number of carbonyl (C=O) groups excluding carboxylic acids is 2. The highest BCUT2D eigenvalue weighted by Gasteiger charge is 2.38. The minimum absolute atomic E-state index is 0.0741. The van der Waals surface area contributed by atoms with Gasteiger partial charge in [0.25, 0.3) is 10.1 Å². The van der Waals surface area contributed by atoms with E-state index in [-0.39, 0.29) is 4.90 Å². The lowest BCUT2D eigenvalue weighted by Crippen LogP contribution is -2.54. The Morgan fingerprint density at radius 1 is 1.00 bits per heavy atom. The zero-order chi connectivity index (χ0) is 25.8. The van der Waals surface area contributed by atoms with Crippen LogP contribution in [-0.4, -0.2) is 54.4 Å². The van der Waals surface area contributed by atoms with Gasteiger partial charge in [-0.3, -0.25) is 14.1 Å². The lowest BCUT2D eigenvalue weighted by molar-refractivity contribution is -0.141. The molecule has 0 fully saturated rings. The van der Waals surface area contributed by atoms with Gasteiger partial charge in [-0.15, -0.1) is 0 Å². The number of hydrogen-bond donors (Lipinski definition) is 6. The van der Waals surface area contributed by atoms with Gasteiger partial charge < -0.3 is 26.4 Å². The molecule has 0 bridgehead atoms. The summed E-state index contributed by atoms with van der Waals surface area (Å²) in [7, 11) is -5.71. The van der Waals surface area contributed by atoms with Gasteiger partial charge in [0.1, 0.15) is 5.41 Å². The number of benzene rings is 2. The summed E-state index contributed by atoms with van der Waals surface area (Å²) in [6.45, 7) is 3.68. The van der Waals surface area contributed by atoms with E-state index >= 15 is 0 Å². The van der Waals surface area contributed by atoms with Crippen molar-refractivity contribution >= 4 is 29.1 Å². The van der Waals surface area contributed by atoms with Crippen molar-refractivity contribution in [1.29, 1.82) is 0 Å². The first kappa shape index (κ1) is 29.3. The Morgan fingerprint density at radius 2 is 1.53 bits per heavy atom. The van der Waals surface area contributed by atoms with Gasteiger partial charge >= 0.3 is 7.12 Å². The van der Waals surface area contributed by atoms with Crippen LogP contribution in [0.4, 0.5) is 0 Å². The fraction of sp³-hybridized carbons (Fsp3) is 0.364. The van der Waals surface area contributed by atoms with E-state index in [4.69, 9.17) is 10.3 Å². The lowest BCUT2D eigenvalue weighted by Gasteiger charge is -2.26. The highest BCUT2D eigenvalue weighted by molar-refractivity contribution is 7.85. The third kappa shape index (κ3) is 10.0. The fourth-order valence-electron chi connectivity index (χ4n) is 2.68. The average molecular weight is 493 g/mol. The largest absolute Gasteiger partial charge is 0.475 e. The molecule has 0 aliphatic heterocycles. The van der Waals surface area contributed by atoms with Crippen molar-refractivity contribution < 1.29 is 32.6 Å². The average Bonchev–Trinajstić information content (AvgIpc) is 2.80. The molecule has 0 spiro atoms. The third-order valence-corrected chi connectivity index (χ3v) is 5.74. The van der Waals surface area contributed by atoms with E-state index in [0.717, 1.165) is 5.56 Å². The fourth-order valence-corrected chi connectivity index (χ4v) is 3.18. The van der Waals surface area contributed by atoms with Crippen LogP contribution >= 0.6 is 0 Å². The Morgan fingerprint density at radius 3 is 1.97 bits per heavy atom. The van der Waals surface area contributed by atoms with E-state index < -0.39 is 40.4 Å². The quantitative estimate of drug-likeness (QED) is 0.157. The number of carbonyl (C=O) groups is 2. The predicted octanol–water partition coefficient (Wildman–Crippen LogP) is 0.498. The molecule has 186 valence electrons. The minimum atomic E-state index is -4.00. The first-order chi connectivity index (χ1) is 15.9. The first-order valence-corrected chi connectivity index (χ1v) is 12.1. The standard InChI is InChI=1S/C16H26BN3O4.C6H6O3S/c1-16(2,14(21)19-11-12-7-4-3-5-8-12)15(22)20-13(17(23)24)9-6-10-18;7-10(8,9)6-4-2-1-3-5-6/h3-5,7-8,13,23-24H,6,9-11,18H2,1-2H3,(H,19,21)(H,20,22);1-5H,(H,7,8,9)/t13-;/m0./s1. The number of nitrogens with two attached hydrogens (primary N) is 1. The van der Waals surface area contributed by atoms with Crippen molar-refractivity contribution in [3.05, 3.63) is 66.2 Å². The third-order valence-electron chi connectivity index (χ3n) is 4.87. The monoisotopic (exact) mass is 493 g/mol. The molecule has 0 aliphatic carbocycles. The summed E-state index contributed by atoms with van der Waals surface area (Å²) in [5.41, 5.74) is 4.98. The van der Waals surface area contributed by atoms with Crippen LogP contribution in [0.25, 0.3) is 0 Å². The van der Waals surface area contributed by atoms with Gasteiger partial charge in [-0.25, -0.2) is 0 Å². The van der Waals surface area contributed by atoms with Crippen LogP contribution in [0, 0.1) is 5.41 Å². The number of amides is 2. The molecule has 2 aromatic carbocycles. The van der Waals surface area contributed by atoms with Crippen molar-refractivity contribution in [2.75, 3.05) is 6.54 Å². The Labute approximate surface area is 200 Å². The summed E-state index contributed by atoms with van der Waals surface area (Å²) in [4.78, 5) is 24.6. The molecule has 0 saturated carbocycles. The predicted molar refractivity (Wildman–Crippen MR) is 129 cm³/mol. The van der Waals surface area contributed by atoms with E-state index in [1.54, 1.807) is 18.2 Å². The van der Waals surface area contributed by atoms with E-state index in [1.807, 2.05) is 30.3 Å². The van der Waals surface area contributed by atoms with Crippen molar-refractivity contribution in [3.8, 4) is 0 Å². The smallest absolute Gasteiger partial charge is 0.426 e. The van der Waals surface area contributed by atoms with Crippen molar-refractivity contribution in [1.82, 2.24) is 10.6 Å². The topological polar surface area (TPSA) is 179 Å². The molecule has 0 aliphatic rings. The lowest BCUT2D eigenvalue weighted by atomic mass is 9.76. The van der Waals surface area contributed by atoms with Crippen LogP contribution in [0.2, 0.25) is 0 Å². The summed E-state index contributed by atoms with van der Waals surface area (Å²) in [6.07, 6.45) is 0.852. The maximum absolute atomic E-state index is 12.4. The van der Waals surface area contributed by atoms with E-state index in [1.165, 1.54) is 26.0 Å². The molecule has 12 heteroatoms. The number of hydrogen-bond acceptors (Lipinski definition) is 7. The molecule has 0 saturated heterocycles. The van der Waals surface area contributed by atoms with Crippen LogP contribution in [0.5, 0.6) is 0 Å². The molecule has 0 unspecified atom stereocenters. The second-order valence-electron chi connectivity index (χ2n) is 8.01. The Bertz CT molecular complexity index is 1000. The molecule has 0 heterocycles. The van der Waals surface area contributed by atoms with Crippen LogP contribution in [0.15, 0.2) is 65.6 Å². The molecule has 7 N–H and O–H groups in total. The molecule has 10 nitrogen and oxygen atoms in total. The second kappa shape index (κ2) is 13.8. The molecular weight excluding hydrogens is 461 g/mol. The van der Waals surface area contributed by atoms with Crippen LogP contribution in [-0.2, 0) is 26.3 Å². The van der Waals surface area contributed by atoms with Crippen molar-refractivity contribution in [3.63, 3.8) is 0 Å². The van der Waals surface area contributed by atoms with Gasteiger partial charge in [0.2, 0.25) is 11.8 Å². The SMILES string of the molecule is CC(C)(C(=O)NCc1ccccc1)C(=O)N[C@@H](CCCN)B(O)O.O=S(=O)(O)c1ccccc1. The molecule has 1 atom stereocenters. The maximum Gasteiger partial charge on any atom is 0.475 e. The zero-order valence-corrected chi connectivity index (χ0v) is 20.0. The molecule has 0 aromatic heterocycles. The highest BCUT2D eigenvalue weighted by Crippen LogP contribution is 2.17. The normalized spacial score (nSPS) is 12.1. The minimum Gasteiger partial charge on any atom is -0.426 e. The van der Waals surface area contributed by atoms with Gasteiger partial charge in [-0.05, 0) is 50.9 Å². The molecular formula is C22H32BN3O7S. The Kier molecular flexibility index (Phi) is 11.9. The summed E-state index contributed by atoms with van der Waals surface area (Å²) >= 11 is 0. The first-order valence-electron chi connectivity index (χ1n) is 10.6. The summed E-state index contributed by atoms with van der Waals surface area (Å²) in [5, 5.41) is 23.9. The summed E-state index contributed by atoms with van der Waals surface area (Å²) < 4.78 is 29.2. The highest BCUT2D eigenvalue weighted by atomic mass is 32.2. The van der Waals surface area contributed by atoms with Crippen LogP contribution in [0.1, 0.15) is 32.3 Å². The molecule has 2 rings (SSSR count). The second-order valence-corrected chi connectivity index (χ2v) is 9.43. The van der Waals surface area contributed by atoms with Crippen molar-refractivity contribution in [2.45, 2.75) is 44.1 Å². The van der Waals surface area contributed by atoms with Crippen LogP contribution < -0.4 is 16.4 Å². The van der Waals surface area contributed by atoms with E-state index in [2.05, 4.69) is 10.6 Å². The Hall–Kier alpha value is -2.77. The summed E-state index contributed by atoms with van der Waals surface area (Å²) in [5.74, 6) is -1.86. The van der Waals surface area contributed by atoms with Gasteiger partial charge in [0.05, 0.1) is 10.8 Å². The van der Waals surface area contributed by atoms with E-state index in [0.29, 0.717) is 25.9 Å². The van der Waals surface area contributed by atoms with Gasteiger partial charge in [-0.2, -0.15) is 8.42 Å². The van der Waals surface area contributed by atoms with Crippen molar-refractivity contribution in [2.24, 2.45) is 11.1 Å². The zero-order valence-electron chi connectivity index (χ0n) is 19.2. The molecule has 2 aromatic rings. The molecule has 2 amide bonds. The van der Waals surface area contributed by atoms with Gasteiger partial charge in [-0.1, -0.05) is 48.5 Å². The van der Waals surface area contributed by atoms with Crippen LogP contribution in [0.3, 0.4) is 0 Å². The number of nitrogens with one attached hydrogen (secondary N) is 2. The molecule has 34 heavy (non-hydrogen) atoms. The maximum atomic E-state index is 12.4.